The molecule has 1 aromatic heterocycles. The second kappa shape index (κ2) is 12.6. The average molecular weight is 433 g/mol. The summed E-state index contributed by atoms with van der Waals surface area (Å²) in [7, 11) is 0. The van der Waals surface area contributed by atoms with Crippen LogP contribution in [0, 0.1) is 6.92 Å². The minimum absolute atomic E-state index is 0.0910. The van der Waals surface area contributed by atoms with Gasteiger partial charge in [-0.3, -0.25) is 9.59 Å². The summed E-state index contributed by atoms with van der Waals surface area (Å²) in [5.41, 5.74) is 1.95. The van der Waals surface area contributed by atoms with Crippen molar-refractivity contribution in [3.63, 3.8) is 0 Å². The first-order valence-electron chi connectivity index (χ1n) is 11.0. The van der Waals surface area contributed by atoms with E-state index in [1.165, 1.54) is 0 Å². The van der Waals surface area contributed by atoms with Crippen LogP contribution in [0.4, 0.5) is 0 Å². The van der Waals surface area contributed by atoms with Crippen molar-refractivity contribution >= 4 is 12.2 Å². The number of amides is 1. The molecule has 3 aromatic rings. The van der Waals surface area contributed by atoms with E-state index in [-0.39, 0.29) is 18.9 Å². The van der Waals surface area contributed by atoms with Crippen molar-refractivity contribution in [1.29, 1.82) is 0 Å². The van der Waals surface area contributed by atoms with Crippen LogP contribution in [0.15, 0.2) is 73.1 Å². The summed E-state index contributed by atoms with van der Waals surface area (Å²) in [6.45, 7) is 3.79. The number of hydrogen-bond acceptors (Lipinski definition) is 4. The number of benzene rings is 2. The highest BCUT2D eigenvalue weighted by Crippen LogP contribution is 2.10. The molecule has 0 unspecified atom stereocenters. The molecule has 3 rings (SSSR count). The summed E-state index contributed by atoms with van der Waals surface area (Å²) in [4.78, 5) is 30.8. The zero-order valence-electron chi connectivity index (χ0n) is 18.5. The molecule has 1 atom stereocenters. The molecule has 0 saturated carbocycles. The number of carbonyl (C=O) groups is 1. The van der Waals surface area contributed by atoms with Crippen molar-refractivity contribution in [3.05, 3.63) is 90.0 Å². The van der Waals surface area contributed by atoms with Gasteiger partial charge in [0.25, 0.3) is 0 Å². The van der Waals surface area contributed by atoms with Crippen LogP contribution >= 0.6 is 0 Å². The van der Waals surface area contributed by atoms with Crippen molar-refractivity contribution in [2.75, 3.05) is 13.2 Å². The lowest BCUT2D eigenvalue weighted by molar-refractivity contribution is -0.132. The summed E-state index contributed by atoms with van der Waals surface area (Å²) in [5, 5.41) is 0. The number of hydrogen-bond donors (Lipinski definition) is 0. The summed E-state index contributed by atoms with van der Waals surface area (Å²) in [6, 6.07) is 18.6. The molecule has 1 radical (unpaired) electrons. The van der Waals surface area contributed by atoms with Crippen molar-refractivity contribution in [2.45, 2.75) is 45.4 Å². The van der Waals surface area contributed by atoms with Crippen LogP contribution in [0.2, 0.25) is 0 Å². The first kappa shape index (κ1) is 23.4. The van der Waals surface area contributed by atoms with Crippen LogP contribution in [-0.4, -0.2) is 45.8 Å². The SMILES string of the molecule is Cc1nccn1CCCCN(C(=O)Cc1ccccc1)[C@H]([C]=O)COCc1ccccc1. The van der Waals surface area contributed by atoms with E-state index in [4.69, 9.17) is 4.74 Å². The topological polar surface area (TPSA) is 64.4 Å². The standard InChI is InChI=1S/C26H30N3O3/c1-22-27-14-17-28(22)15-8-9-16-29(26(31)18-23-10-4-2-5-11-23)25(19-30)21-32-20-24-12-6-3-7-13-24/h2-7,10-14,17,25H,8-9,15-16,18,20-21H2,1H3/t25-/m1/s1. The minimum Gasteiger partial charge on any atom is -0.374 e. The summed E-state index contributed by atoms with van der Waals surface area (Å²) < 4.78 is 7.85. The molecule has 0 fully saturated rings. The van der Waals surface area contributed by atoms with Gasteiger partial charge >= 0.3 is 0 Å². The molecule has 2 aromatic carbocycles. The Kier molecular flexibility index (Phi) is 9.20. The second-order valence-electron chi connectivity index (χ2n) is 7.76. The Morgan fingerprint density at radius 2 is 1.75 bits per heavy atom. The predicted octanol–water partition coefficient (Wildman–Crippen LogP) is 3.74. The molecule has 32 heavy (non-hydrogen) atoms. The highest BCUT2D eigenvalue weighted by molar-refractivity contribution is 5.82. The fourth-order valence-corrected chi connectivity index (χ4v) is 3.58. The van der Waals surface area contributed by atoms with Crippen molar-refractivity contribution in [3.8, 4) is 0 Å². The van der Waals surface area contributed by atoms with Gasteiger partial charge in [0.2, 0.25) is 12.2 Å². The number of imidazole rings is 1. The molecule has 0 bridgehead atoms. The predicted molar refractivity (Wildman–Crippen MR) is 124 cm³/mol. The van der Waals surface area contributed by atoms with Crippen molar-refractivity contribution < 1.29 is 14.3 Å². The summed E-state index contributed by atoms with van der Waals surface area (Å²) in [5.74, 6) is 0.877. The van der Waals surface area contributed by atoms with Crippen LogP contribution < -0.4 is 0 Å². The molecule has 1 heterocycles. The lowest BCUT2D eigenvalue weighted by Gasteiger charge is -2.28. The Morgan fingerprint density at radius 1 is 1.06 bits per heavy atom. The van der Waals surface area contributed by atoms with E-state index in [9.17, 15) is 9.59 Å². The molecule has 6 heteroatoms. The summed E-state index contributed by atoms with van der Waals surface area (Å²) >= 11 is 0. The smallest absolute Gasteiger partial charge is 0.227 e. The molecule has 167 valence electrons. The normalized spacial score (nSPS) is 11.8. The van der Waals surface area contributed by atoms with Gasteiger partial charge in [0.1, 0.15) is 11.9 Å². The number of carbonyl (C=O) groups excluding carboxylic acids is 2. The van der Waals surface area contributed by atoms with Gasteiger partial charge in [0.15, 0.2) is 0 Å². The molecule has 0 aliphatic heterocycles. The Morgan fingerprint density at radius 3 is 2.38 bits per heavy atom. The number of ether oxygens (including phenoxy) is 1. The van der Waals surface area contributed by atoms with E-state index < -0.39 is 6.04 Å². The Balaban J connectivity index is 1.59. The molecular formula is C26H30N3O3. The molecule has 0 aliphatic carbocycles. The number of aryl methyl sites for hydroxylation is 2. The first-order valence-corrected chi connectivity index (χ1v) is 11.0. The van der Waals surface area contributed by atoms with Gasteiger partial charge in [0, 0.05) is 25.5 Å². The van der Waals surface area contributed by atoms with Gasteiger partial charge in [-0.15, -0.1) is 0 Å². The minimum atomic E-state index is -0.732. The molecule has 0 spiro atoms. The first-order chi connectivity index (χ1) is 15.7. The van der Waals surface area contributed by atoms with Crippen molar-refractivity contribution in [2.24, 2.45) is 0 Å². The third-order valence-electron chi connectivity index (χ3n) is 5.39. The number of unbranched alkanes of at least 4 members (excludes halogenated alkanes) is 1. The van der Waals surface area contributed by atoms with Crippen LogP contribution in [-0.2, 0) is 33.9 Å². The lowest BCUT2D eigenvalue weighted by atomic mass is 10.1. The second-order valence-corrected chi connectivity index (χ2v) is 7.76. The monoisotopic (exact) mass is 432 g/mol. The molecule has 0 N–H and O–H groups in total. The third-order valence-corrected chi connectivity index (χ3v) is 5.39. The number of aromatic nitrogens is 2. The van der Waals surface area contributed by atoms with Crippen LogP contribution in [0.1, 0.15) is 29.8 Å². The number of nitrogens with zero attached hydrogens (tertiary/aromatic N) is 3. The van der Waals surface area contributed by atoms with Gasteiger partial charge in [-0.05, 0) is 30.9 Å². The van der Waals surface area contributed by atoms with E-state index in [0.717, 1.165) is 36.3 Å². The number of rotatable bonds is 13. The van der Waals surface area contributed by atoms with Gasteiger partial charge in [0.05, 0.1) is 19.6 Å². The maximum atomic E-state index is 13.1. The highest BCUT2D eigenvalue weighted by atomic mass is 16.5. The zero-order chi connectivity index (χ0) is 22.6. The van der Waals surface area contributed by atoms with Gasteiger partial charge in [-0.25, -0.2) is 4.98 Å². The van der Waals surface area contributed by atoms with E-state index in [2.05, 4.69) is 9.55 Å². The molecule has 0 aliphatic rings. The zero-order valence-corrected chi connectivity index (χ0v) is 18.5. The third kappa shape index (κ3) is 7.17. The van der Waals surface area contributed by atoms with E-state index in [1.54, 1.807) is 11.1 Å². The van der Waals surface area contributed by atoms with Gasteiger partial charge < -0.3 is 14.2 Å². The molecule has 6 nitrogen and oxygen atoms in total. The molecule has 1 amide bonds. The quantitative estimate of drug-likeness (QED) is 0.386. The van der Waals surface area contributed by atoms with E-state index >= 15 is 0 Å². The maximum absolute atomic E-state index is 13.1. The Hall–Kier alpha value is -3.25. The summed E-state index contributed by atoms with van der Waals surface area (Å²) in [6.07, 6.45) is 7.67. The fourth-order valence-electron chi connectivity index (χ4n) is 3.58. The largest absolute Gasteiger partial charge is 0.374 e. The molecule has 0 saturated heterocycles. The van der Waals surface area contributed by atoms with E-state index in [0.29, 0.717) is 13.2 Å². The van der Waals surface area contributed by atoms with E-state index in [1.807, 2.05) is 80.1 Å². The maximum Gasteiger partial charge on any atom is 0.227 e. The van der Waals surface area contributed by atoms with Crippen LogP contribution in [0.25, 0.3) is 0 Å². The fraction of sp³-hybridized carbons (Fsp3) is 0.346. The van der Waals surface area contributed by atoms with Gasteiger partial charge in [-0.2, -0.15) is 0 Å². The van der Waals surface area contributed by atoms with Crippen LogP contribution in [0.5, 0.6) is 0 Å². The molecular weight excluding hydrogens is 402 g/mol. The highest BCUT2D eigenvalue weighted by Gasteiger charge is 2.24. The average Bonchev–Trinajstić information content (AvgIpc) is 3.23. The Labute approximate surface area is 189 Å². The Bertz CT molecular complexity index is 957. The lowest BCUT2D eigenvalue weighted by Crippen LogP contribution is -2.45. The van der Waals surface area contributed by atoms with Crippen LogP contribution in [0.3, 0.4) is 0 Å². The van der Waals surface area contributed by atoms with Crippen molar-refractivity contribution in [1.82, 2.24) is 14.5 Å². The van der Waals surface area contributed by atoms with Gasteiger partial charge in [-0.1, -0.05) is 60.7 Å².